The molecule has 2 fully saturated rings. The van der Waals surface area contributed by atoms with Crippen molar-refractivity contribution >= 4 is 33.2 Å². The lowest BCUT2D eigenvalue weighted by atomic mass is 9.89. The summed E-state index contributed by atoms with van der Waals surface area (Å²) in [7, 11) is -3.71. The Labute approximate surface area is 195 Å². The van der Waals surface area contributed by atoms with E-state index in [4.69, 9.17) is 11.6 Å². The van der Waals surface area contributed by atoms with Crippen LogP contribution in [0.1, 0.15) is 48.9 Å². The molecule has 32 heavy (non-hydrogen) atoms. The summed E-state index contributed by atoms with van der Waals surface area (Å²) < 4.78 is 28.8. The first kappa shape index (κ1) is 23.2. The predicted octanol–water partition coefficient (Wildman–Crippen LogP) is 4.53. The third kappa shape index (κ3) is 6.10. The standard InChI is InChI=1S/C24H30ClN3O3S/c25-20-9-11-21(12-10-20)26-24(29)19-7-4-8-23(15-19)32(30,31)27-22-13-14-28(17-22)16-18-5-2-1-3-6-18/h4,7-12,15,18,22,27H,1-3,5-6,13-14,16-17H2,(H,26,29). The molecule has 0 aromatic heterocycles. The molecule has 1 saturated heterocycles. The second kappa shape index (κ2) is 10.3. The normalized spacial score (nSPS) is 20.3. The average Bonchev–Trinajstić information content (AvgIpc) is 3.22. The molecular formula is C24H30ClN3O3S. The third-order valence-corrected chi connectivity index (χ3v) is 8.11. The van der Waals surface area contributed by atoms with E-state index < -0.39 is 10.0 Å². The molecule has 1 aliphatic heterocycles. The van der Waals surface area contributed by atoms with E-state index in [0.717, 1.165) is 32.0 Å². The molecule has 4 rings (SSSR count). The van der Waals surface area contributed by atoms with Crippen LogP contribution < -0.4 is 10.0 Å². The second-order valence-corrected chi connectivity index (χ2v) is 11.0. The van der Waals surface area contributed by atoms with Crippen LogP contribution in [0.2, 0.25) is 5.02 Å². The van der Waals surface area contributed by atoms with Crippen LogP contribution in [-0.4, -0.2) is 44.9 Å². The number of rotatable bonds is 7. The van der Waals surface area contributed by atoms with Gasteiger partial charge in [0.15, 0.2) is 0 Å². The SMILES string of the molecule is O=C(Nc1ccc(Cl)cc1)c1cccc(S(=O)(=O)NC2CCN(CC3CCCCC3)C2)c1. The van der Waals surface area contributed by atoms with E-state index in [1.54, 1.807) is 36.4 Å². The lowest BCUT2D eigenvalue weighted by Crippen LogP contribution is -2.38. The molecule has 1 saturated carbocycles. The van der Waals surface area contributed by atoms with Gasteiger partial charge in [-0.25, -0.2) is 13.1 Å². The second-order valence-electron chi connectivity index (χ2n) is 8.86. The van der Waals surface area contributed by atoms with Crippen molar-refractivity contribution in [3.05, 3.63) is 59.1 Å². The highest BCUT2D eigenvalue weighted by Gasteiger charge is 2.29. The smallest absolute Gasteiger partial charge is 0.255 e. The number of hydrogen-bond acceptors (Lipinski definition) is 4. The number of likely N-dealkylation sites (tertiary alicyclic amines) is 1. The van der Waals surface area contributed by atoms with Gasteiger partial charge in [-0.3, -0.25) is 4.79 Å². The number of carbonyl (C=O) groups is 1. The van der Waals surface area contributed by atoms with Crippen molar-refractivity contribution in [3.8, 4) is 0 Å². The highest BCUT2D eigenvalue weighted by molar-refractivity contribution is 7.89. The van der Waals surface area contributed by atoms with Crippen molar-refractivity contribution in [2.45, 2.75) is 49.5 Å². The quantitative estimate of drug-likeness (QED) is 0.616. The van der Waals surface area contributed by atoms with Crippen molar-refractivity contribution in [1.82, 2.24) is 9.62 Å². The van der Waals surface area contributed by atoms with Crippen LogP contribution in [0, 0.1) is 5.92 Å². The molecule has 2 aromatic rings. The first-order valence-corrected chi connectivity index (χ1v) is 13.2. The van der Waals surface area contributed by atoms with E-state index in [-0.39, 0.29) is 22.4 Å². The third-order valence-electron chi connectivity index (χ3n) is 6.34. The number of amides is 1. The Hall–Kier alpha value is -1.93. The number of anilines is 1. The zero-order valence-electron chi connectivity index (χ0n) is 18.1. The lowest BCUT2D eigenvalue weighted by Gasteiger charge is -2.26. The van der Waals surface area contributed by atoms with Crippen molar-refractivity contribution in [2.24, 2.45) is 5.92 Å². The van der Waals surface area contributed by atoms with Crippen LogP contribution in [0.4, 0.5) is 5.69 Å². The number of hydrogen-bond donors (Lipinski definition) is 2. The van der Waals surface area contributed by atoms with E-state index in [0.29, 0.717) is 10.7 Å². The van der Waals surface area contributed by atoms with Gasteiger partial charge in [0.2, 0.25) is 10.0 Å². The summed E-state index contributed by atoms with van der Waals surface area (Å²) in [5.41, 5.74) is 0.878. The van der Waals surface area contributed by atoms with E-state index >= 15 is 0 Å². The first-order valence-electron chi connectivity index (χ1n) is 11.3. The molecule has 0 spiro atoms. The maximum Gasteiger partial charge on any atom is 0.255 e. The summed E-state index contributed by atoms with van der Waals surface area (Å²) in [5, 5.41) is 3.34. The maximum atomic E-state index is 13.0. The molecule has 2 aliphatic rings. The lowest BCUT2D eigenvalue weighted by molar-refractivity contribution is 0.102. The number of sulfonamides is 1. The van der Waals surface area contributed by atoms with Gasteiger partial charge in [-0.1, -0.05) is 36.9 Å². The van der Waals surface area contributed by atoms with Gasteiger partial charge in [-0.2, -0.15) is 0 Å². The molecule has 172 valence electrons. The molecule has 1 heterocycles. The zero-order valence-corrected chi connectivity index (χ0v) is 19.7. The summed E-state index contributed by atoms with van der Waals surface area (Å²) in [6.07, 6.45) is 7.36. The van der Waals surface area contributed by atoms with Crippen molar-refractivity contribution < 1.29 is 13.2 Å². The van der Waals surface area contributed by atoms with Gasteiger partial charge >= 0.3 is 0 Å². The summed E-state index contributed by atoms with van der Waals surface area (Å²) in [4.78, 5) is 15.1. The van der Waals surface area contributed by atoms with Gasteiger partial charge in [-0.05, 0) is 74.2 Å². The minimum atomic E-state index is -3.71. The largest absolute Gasteiger partial charge is 0.322 e. The molecule has 2 aromatic carbocycles. The van der Waals surface area contributed by atoms with Crippen LogP contribution in [-0.2, 0) is 10.0 Å². The molecule has 1 atom stereocenters. The highest BCUT2D eigenvalue weighted by Crippen LogP contribution is 2.26. The molecule has 6 nitrogen and oxygen atoms in total. The van der Waals surface area contributed by atoms with Crippen LogP contribution in [0.25, 0.3) is 0 Å². The number of benzene rings is 2. The minimum Gasteiger partial charge on any atom is -0.322 e. The van der Waals surface area contributed by atoms with Crippen LogP contribution in [0.5, 0.6) is 0 Å². The van der Waals surface area contributed by atoms with Crippen LogP contribution in [0.3, 0.4) is 0 Å². The Morgan fingerprint density at radius 2 is 1.78 bits per heavy atom. The average molecular weight is 476 g/mol. The van der Waals surface area contributed by atoms with E-state index in [1.807, 2.05) is 0 Å². The van der Waals surface area contributed by atoms with E-state index in [1.165, 1.54) is 44.2 Å². The molecule has 1 aliphatic carbocycles. The van der Waals surface area contributed by atoms with Gasteiger partial charge in [0.25, 0.3) is 5.91 Å². The predicted molar refractivity (Wildman–Crippen MR) is 128 cm³/mol. The Bertz CT molecular complexity index is 1040. The van der Waals surface area contributed by atoms with Gasteiger partial charge in [-0.15, -0.1) is 0 Å². The fraction of sp³-hybridized carbons (Fsp3) is 0.458. The summed E-state index contributed by atoms with van der Waals surface area (Å²) in [6.45, 7) is 2.73. The fourth-order valence-corrected chi connectivity index (χ4v) is 6.09. The van der Waals surface area contributed by atoms with Gasteiger partial charge in [0.1, 0.15) is 0 Å². The molecule has 2 N–H and O–H groups in total. The van der Waals surface area contributed by atoms with Gasteiger partial charge in [0, 0.05) is 35.4 Å². The van der Waals surface area contributed by atoms with Crippen molar-refractivity contribution in [2.75, 3.05) is 25.0 Å². The minimum absolute atomic E-state index is 0.102. The first-order chi connectivity index (χ1) is 15.4. The number of carbonyl (C=O) groups excluding carboxylic acids is 1. The topological polar surface area (TPSA) is 78.5 Å². The van der Waals surface area contributed by atoms with Crippen LogP contribution >= 0.6 is 11.6 Å². The Kier molecular flexibility index (Phi) is 7.51. The van der Waals surface area contributed by atoms with Gasteiger partial charge in [0.05, 0.1) is 4.90 Å². The maximum absolute atomic E-state index is 13.0. The molecule has 1 unspecified atom stereocenters. The Balaban J connectivity index is 1.36. The summed E-state index contributed by atoms with van der Waals surface area (Å²) in [5.74, 6) is 0.374. The number of halogens is 1. The monoisotopic (exact) mass is 475 g/mol. The van der Waals surface area contributed by atoms with Crippen LogP contribution in [0.15, 0.2) is 53.4 Å². The van der Waals surface area contributed by atoms with Crippen molar-refractivity contribution in [3.63, 3.8) is 0 Å². The van der Waals surface area contributed by atoms with E-state index in [9.17, 15) is 13.2 Å². The summed E-state index contributed by atoms with van der Waals surface area (Å²) in [6, 6.07) is 12.8. The Morgan fingerprint density at radius 1 is 1.03 bits per heavy atom. The highest BCUT2D eigenvalue weighted by atomic mass is 35.5. The zero-order chi connectivity index (χ0) is 22.6. The molecule has 0 radical (unpaired) electrons. The Morgan fingerprint density at radius 3 is 2.53 bits per heavy atom. The molecule has 8 heteroatoms. The van der Waals surface area contributed by atoms with Gasteiger partial charge < -0.3 is 10.2 Å². The number of nitrogens with zero attached hydrogens (tertiary/aromatic N) is 1. The summed E-state index contributed by atoms with van der Waals surface area (Å²) >= 11 is 5.87. The molecule has 1 amide bonds. The number of nitrogens with one attached hydrogen (secondary N) is 2. The van der Waals surface area contributed by atoms with Crippen molar-refractivity contribution in [1.29, 1.82) is 0 Å². The van der Waals surface area contributed by atoms with E-state index in [2.05, 4.69) is 14.9 Å². The molecular weight excluding hydrogens is 446 g/mol. The molecule has 0 bridgehead atoms. The fourth-order valence-electron chi connectivity index (χ4n) is 4.66.